The average molecular weight is 427 g/mol. The number of ether oxygens (including phenoxy) is 1. The van der Waals surface area contributed by atoms with Crippen LogP contribution in [0.25, 0.3) is 10.1 Å². The first-order valence-corrected chi connectivity index (χ1v) is 10.7. The van der Waals surface area contributed by atoms with Crippen molar-refractivity contribution in [3.8, 4) is 0 Å². The number of carbonyl (C=O) groups excluding carboxylic acids is 2. The average Bonchev–Trinajstić information content (AvgIpc) is 3.14. The van der Waals surface area contributed by atoms with Crippen molar-refractivity contribution in [3.05, 3.63) is 64.8 Å². The van der Waals surface area contributed by atoms with Crippen LogP contribution in [0.4, 0.5) is 10.1 Å². The monoisotopic (exact) mass is 426 g/mol. The minimum atomic E-state index is -0.353. The lowest BCUT2D eigenvalue weighted by Gasteiger charge is -2.32. The van der Waals surface area contributed by atoms with E-state index in [4.69, 9.17) is 4.74 Å². The number of carbonyl (C=O) groups is 2. The van der Waals surface area contributed by atoms with Crippen LogP contribution >= 0.6 is 11.3 Å². The summed E-state index contributed by atoms with van der Waals surface area (Å²) < 4.78 is 20.4. The zero-order valence-electron chi connectivity index (χ0n) is 16.7. The molecule has 0 saturated carbocycles. The van der Waals surface area contributed by atoms with Crippen LogP contribution in [0.2, 0.25) is 0 Å². The van der Waals surface area contributed by atoms with Gasteiger partial charge in [-0.3, -0.25) is 9.59 Å². The fourth-order valence-electron chi connectivity index (χ4n) is 3.91. The third-order valence-electron chi connectivity index (χ3n) is 5.37. The Kier molecular flexibility index (Phi) is 6.11. The maximum atomic E-state index is 14.4. The van der Waals surface area contributed by atoms with Gasteiger partial charge in [0.15, 0.2) is 0 Å². The van der Waals surface area contributed by atoms with Crippen LogP contribution in [-0.2, 0) is 16.1 Å². The number of benzene rings is 2. The van der Waals surface area contributed by atoms with Crippen LogP contribution in [0.1, 0.15) is 28.1 Å². The molecule has 1 atom stereocenters. The number of amides is 2. The highest BCUT2D eigenvalue weighted by atomic mass is 32.1. The Morgan fingerprint density at radius 1 is 1.20 bits per heavy atom. The molecule has 0 radical (unpaired) electrons. The van der Waals surface area contributed by atoms with Crippen molar-refractivity contribution < 1.29 is 18.7 Å². The fraction of sp³-hybridized carbons (Fsp3) is 0.304. The second kappa shape index (κ2) is 8.93. The van der Waals surface area contributed by atoms with E-state index in [9.17, 15) is 14.0 Å². The van der Waals surface area contributed by atoms with E-state index in [2.05, 4.69) is 5.32 Å². The molecule has 2 amide bonds. The fourth-order valence-corrected chi connectivity index (χ4v) is 5.10. The third kappa shape index (κ3) is 4.08. The minimum absolute atomic E-state index is 0.0850. The van der Waals surface area contributed by atoms with E-state index < -0.39 is 0 Å². The summed E-state index contributed by atoms with van der Waals surface area (Å²) >= 11 is 1.28. The highest BCUT2D eigenvalue weighted by Crippen LogP contribution is 2.35. The number of para-hydroxylation sites is 1. The number of piperidine rings is 1. The first kappa shape index (κ1) is 20.5. The quantitative estimate of drug-likeness (QED) is 0.645. The number of halogens is 1. The van der Waals surface area contributed by atoms with Gasteiger partial charge >= 0.3 is 0 Å². The molecule has 3 aromatic rings. The van der Waals surface area contributed by atoms with Crippen LogP contribution in [0, 0.1) is 11.7 Å². The molecule has 4 rings (SSSR count). The Bertz CT molecular complexity index is 1070. The molecule has 1 saturated heterocycles. The molecular weight excluding hydrogens is 403 g/mol. The summed E-state index contributed by atoms with van der Waals surface area (Å²) in [6.07, 6.45) is 1.48. The van der Waals surface area contributed by atoms with Gasteiger partial charge in [-0.15, -0.1) is 11.3 Å². The summed E-state index contributed by atoms with van der Waals surface area (Å²) in [4.78, 5) is 28.2. The van der Waals surface area contributed by atoms with Gasteiger partial charge in [-0.2, -0.15) is 0 Å². The first-order valence-electron chi connectivity index (χ1n) is 9.92. The molecule has 2 heterocycles. The van der Waals surface area contributed by atoms with E-state index in [1.54, 1.807) is 11.0 Å². The Morgan fingerprint density at radius 2 is 2.00 bits per heavy atom. The van der Waals surface area contributed by atoms with Crippen molar-refractivity contribution in [2.24, 2.45) is 5.92 Å². The van der Waals surface area contributed by atoms with Crippen molar-refractivity contribution in [1.82, 2.24) is 4.90 Å². The summed E-state index contributed by atoms with van der Waals surface area (Å²) in [7, 11) is 1.53. The zero-order valence-corrected chi connectivity index (χ0v) is 17.5. The Balaban J connectivity index is 1.55. The number of anilines is 1. The predicted molar refractivity (Wildman–Crippen MR) is 116 cm³/mol. The van der Waals surface area contributed by atoms with Gasteiger partial charge in [-0.1, -0.05) is 24.3 Å². The standard InChI is InChI=1S/C23H23FN2O3S/c1-29-14-17-20-18(24)10-5-11-19(20)30-21(17)23(28)26-12-6-7-15(13-26)22(27)25-16-8-3-2-4-9-16/h2-5,8-11,15H,6-7,12-14H2,1H3,(H,25,27). The second-order valence-electron chi connectivity index (χ2n) is 7.40. The van der Waals surface area contributed by atoms with E-state index in [1.807, 2.05) is 36.4 Å². The van der Waals surface area contributed by atoms with Gasteiger partial charge in [0.25, 0.3) is 5.91 Å². The summed E-state index contributed by atoms with van der Waals surface area (Å²) in [5.74, 6) is -0.883. The summed E-state index contributed by atoms with van der Waals surface area (Å²) in [6, 6.07) is 14.2. The zero-order chi connectivity index (χ0) is 21.1. The molecule has 1 aliphatic heterocycles. The molecule has 5 nitrogen and oxygen atoms in total. The van der Waals surface area contributed by atoms with Gasteiger partial charge in [-0.25, -0.2) is 4.39 Å². The van der Waals surface area contributed by atoms with Crippen molar-refractivity contribution in [2.45, 2.75) is 19.4 Å². The predicted octanol–water partition coefficient (Wildman–Crippen LogP) is 4.68. The number of methoxy groups -OCH3 is 1. The first-order chi connectivity index (χ1) is 14.6. The lowest BCUT2D eigenvalue weighted by molar-refractivity contribution is -0.121. The van der Waals surface area contributed by atoms with Gasteiger partial charge in [0.05, 0.1) is 17.4 Å². The van der Waals surface area contributed by atoms with E-state index in [0.717, 1.165) is 23.2 Å². The largest absolute Gasteiger partial charge is 0.380 e. The van der Waals surface area contributed by atoms with Crippen molar-refractivity contribution in [1.29, 1.82) is 0 Å². The molecule has 1 aromatic heterocycles. The number of hydrogen-bond acceptors (Lipinski definition) is 4. The molecule has 7 heteroatoms. The lowest BCUT2D eigenvalue weighted by atomic mass is 9.96. The molecule has 1 fully saturated rings. The van der Waals surface area contributed by atoms with Gasteiger partial charge in [0, 0.05) is 41.5 Å². The molecule has 0 aliphatic carbocycles. The lowest BCUT2D eigenvalue weighted by Crippen LogP contribution is -2.43. The summed E-state index contributed by atoms with van der Waals surface area (Å²) in [5.41, 5.74) is 1.32. The van der Waals surface area contributed by atoms with Crippen molar-refractivity contribution in [3.63, 3.8) is 0 Å². The van der Waals surface area contributed by atoms with Crippen LogP contribution in [0.15, 0.2) is 48.5 Å². The maximum Gasteiger partial charge on any atom is 0.264 e. The van der Waals surface area contributed by atoms with E-state index in [-0.39, 0.29) is 30.2 Å². The Hall–Kier alpha value is -2.77. The summed E-state index contributed by atoms with van der Waals surface area (Å²) in [5, 5.41) is 3.37. The number of hydrogen-bond donors (Lipinski definition) is 1. The minimum Gasteiger partial charge on any atom is -0.380 e. The smallest absolute Gasteiger partial charge is 0.264 e. The summed E-state index contributed by atoms with van der Waals surface area (Å²) in [6.45, 7) is 1.09. The molecule has 1 N–H and O–H groups in total. The van der Waals surface area contributed by atoms with Gasteiger partial charge in [-0.05, 0) is 37.1 Å². The topological polar surface area (TPSA) is 58.6 Å². The molecule has 2 aromatic carbocycles. The third-order valence-corrected chi connectivity index (χ3v) is 6.55. The molecule has 1 aliphatic rings. The number of nitrogens with zero attached hydrogens (tertiary/aromatic N) is 1. The highest BCUT2D eigenvalue weighted by Gasteiger charge is 2.31. The van der Waals surface area contributed by atoms with Crippen LogP contribution in [0.5, 0.6) is 0 Å². The Labute approximate surface area is 178 Å². The van der Waals surface area contributed by atoms with E-state index in [0.29, 0.717) is 28.9 Å². The molecule has 0 spiro atoms. The van der Waals surface area contributed by atoms with Crippen LogP contribution in [-0.4, -0.2) is 36.9 Å². The van der Waals surface area contributed by atoms with E-state index >= 15 is 0 Å². The van der Waals surface area contributed by atoms with Crippen LogP contribution in [0.3, 0.4) is 0 Å². The number of likely N-dealkylation sites (tertiary alicyclic amines) is 1. The van der Waals surface area contributed by atoms with Gasteiger partial charge in [0.2, 0.25) is 5.91 Å². The number of rotatable bonds is 5. The normalized spacial score (nSPS) is 16.6. The number of fused-ring (bicyclic) bond motifs is 1. The molecule has 0 bridgehead atoms. The highest BCUT2D eigenvalue weighted by molar-refractivity contribution is 7.21. The van der Waals surface area contributed by atoms with Crippen LogP contribution < -0.4 is 5.32 Å². The van der Waals surface area contributed by atoms with Crippen molar-refractivity contribution in [2.75, 3.05) is 25.5 Å². The Morgan fingerprint density at radius 3 is 2.77 bits per heavy atom. The molecular formula is C23H23FN2O3S. The number of nitrogens with one attached hydrogen (secondary N) is 1. The SMILES string of the molecule is COCc1c(C(=O)N2CCCC(C(=O)Nc3ccccc3)C2)sc2cccc(F)c12. The molecule has 1 unspecified atom stereocenters. The molecule has 156 valence electrons. The van der Waals surface area contributed by atoms with E-state index in [1.165, 1.54) is 24.5 Å². The van der Waals surface area contributed by atoms with Crippen molar-refractivity contribution >= 4 is 38.9 Å². The molecule has 30 heavy (non-hydrogen) atoms. The van der Waals surface area contributed by atoms with Gasteiger partial charge in [0.1, 0.15) is 5.82 Å². The van der Waals surface area contributed by atoms with Gasteiger partial charge < -0.3 is 15.0 Å². The maximum absolute atomic E-state index is 14.4. The number of thiophene rings is 1. The second-order valence-corrected chi connectivity index (χ2v) is 8.45.